The molecule has 0 spiro atoms. The predicted molar refractivity (Wildman–Crippen MR) is 70.5 cm³/mol. The van der Waals surface area contributed by atoms with E-state index in [2.05, 4.69) is 5.32 Å². The molecule has 1 rings (SSSR count). The number of nitrogens with one attached hydrogen (secondary N) is 1. The van der Waals surface area contributed by atoms with E-state index in [0.29, 0.717) is 5.56 Å². The van der Waals surface area contributed by atoms with Crippen molar-refractivity contribution in [2.24, 2.45) is 0 Å². The summed E-state index contributed by atoms with van der Waals surface area (Å²) in [7, 11) is 1.21. The first-order valence-corrected chi connectivity index (χ1v) is 6.03. The molecule has 21 heavy (non-hydrogen) atoms. The summed E-state index contributed by atoms with van der Waals surface area (Å²) in [5.74, 6) is -1.23. The minimum atomic E-state index is -4.36. The lowest BCUT2D eigenvalue weighted by Gasteiger charge is -2.20. The summed E-state index contributed by atoms with van der Waals surface area (Å²) in [5.41, 5.74) is 0.467. The molecule has 2 N–H and O–H groups in total. The van der Waals surface area contributed by atoms with Gasteiger partial charge in [0.15, 0.2) is 0 Å². The number of carbonyl (C=O) groups excluding carboxylic acids is 1. The number of nitrogens with zero attached hydrogens (tertiary/aromatic N) is 1. The standard InChI is InChI=1S/C13H15F3N2O3/c1-8-4-3-5-9(11(19)20)10(8)17-12(21)18(2)7-6-13(14,15)16/h3-5H,6-7H2,1-2H3,(H,17,21)(H,19,20). The largest absolute Gasteiger partial charge is 0.478 e. The number of hydrogen-bond donors (Lipinski definition) is 2. The Labute approximate surface area is 119 Å². The third-order valence-electron chi connectivity index (χ3n) is 2.81. The number of alkyl halides is 3. The van der Waals surface area contributed by atoms with Gasteiger partial charge in [-0.1, -0.05) is 12.1 Å². The fourth-order valence-electron chi connectivity index (χ4n) is 1.61. The first-order valence-electron chi connectivity index (χ1n) is 6.03. The number of carboxylic acids is 1. The van der Waals surface area contributed by atoms with Crippen LogP contribution in [0.1, 0.15) is 22.3 Å². The molecule has 0 bridgehead atoms. The summed E-state index contributed by atoms with van der Waals surface area (Å²) in [6.07, 6.45) is -5.49. The molecule has 116 valence electrons. The molecule has 0 atom stereocenters. The van der Waals surface area contributed by atoms with Crippen LogP contribution in [0.3, 0.4) is 0 Å². The van der Waals surface area contributed by atoms with Crippen LogP contribution >= 0.6 is 0 Å². The van der Waals surface area contributed by atoms with E-state index in [1.165, 1.54) is 19.2 Å². The van der Waals surface area contributed by atoms with Gasteiger partial charge in [-0.3, -0.25) is 0 Å². The van der Waals surface area contributed by atoms with Gasteiger partial charge in [-0.15, -0.1) is 0 Å². The average Bonchev–Trinajstić information content (AvgIpc) is 2.36. The van der Waals surface area contributed by atoms with Crippen molar-refractivity contribution in [3.8, 4) is 0 Å². The van der Waals surface area contributed by atoms with Gasteiger partial charge in [0.05, 0.1) is 17.7 Å². The van der Waals surface area contributed by atoms with Crippen molar-refractivity contribution >= 4 is 17.7 Å². The number of benzene rings is 1. The van der Waals surface area contributed by atoms with Crippen LogP contribution in [-0.2, 0) is 0 Å². The highest BCUT2D eigenvalue weighted by atomic mass is 19.4. The molecule has 0 unspecified atom stereocenters. The number of amides is 2. The zero-order valence-corrected chi connectivity index (χ0v) is 11.5. The summed E-state index contributed by atoms with van der Waals surface area (Å²) >= 11 is 0. The molecule has 0 radical (unpaired) electrons. The normalized spacial score (nSPS) is 11.1. The Bertz CT molecular complexity index is 544. The summed E-state index contributed by atoms with van der Waals surface area (Å²) < 4.78 is 36.3. The number of halogens is 3. The van der Waals surface area contributed by atoms with Gasteiger partial charge in [0.2, 0.25) is 0 Å². The van der Waals surface area contributed by atoms with E-state index >= 15 is 0 Å². The number of aryl methyl sites for hydroxylation is 1. The van der Waals surface area contributed by atoms with Crippen molar-refractivity contribution < 1.29 is 27.9 Å². The van der Waals surface area contributed by atoms with Crippen LogP contribution in [0.4, 0.5) is 23.7 Å². The van der Waals surface area contributed by atoms with Crippen molar-refractivity contribution in [3.05, 3.63) is 29.3 Å². The Morgan fingerprint density at radius 3 is 2.48 bits per heavy atom. The lowest BCUT2D eigenvalue weighted by Crippen LogP contribution is -2.34. The van der Waals surface area contributed by atoms with Gasteiger partial charge in [0.25, 0.3) is 0 Å². The molecule has 5 nitrogen and oxygen atoms in total. The topological polar surface area (TPSA) is 69.6 Å². The van der Waals surface area contributed by atoms with Crippen LogP contribution in [0.2, 0.25) is 0 Å². The first kappa shape index (κ1) is 16.8. The molecule has 0 heterocycles. The molecule has 0 aliphatic carbocycles. The Balaban J connectivity index is 2.82. The monoisotopic (exact) mass is 304 g/mol. The zero-order valence-electron chi connectivity index (χ0n) is 11.5. The summed E-state index contributed by atoms with van der Waals surface area (Å²) in [5, 5.41) is 11.4. The number of aromatic carboxylic acids is 1. The molecule has 0 aliphatic heterocycles. The smallest absolute Gasteiger partial charge is 0.390 e. The molecule has 0 aliphatic rings. The number of para-hydroxylation sites is 1. The van der Waals surface area contributed by atoms with Crippen LogP contribution in [0.15, 0.2) is 18.2 Å². The second-order valence-corrected chi connectivity index (χ2v) is 4.52. The van der Waals surface area contributed by atoms with Gasteiger partial charge in [-0.2, -0.15) is 13.2 Å². The van der Waals surface area contributed by atoms with Crippen molar-refractivity contribution in [2.75, 3.05) is 18.9 Å². The molecular weight excluding hydrogens is 289 g/mol. The van der Waals surface area contributed by atoms with Crippen molar-refractivity contribution in [3.63, 3.8) is 0 Å². The highest BCUT2D eigenvalue weighted by Gasteiger charge is 2.28. The fourth-order valence-corrected chi connectivity index (χ4v) is 1.61. The minimum Gasteiger partial charge on any atom is -0.478 e. The van der Waals surface area contributed by atoms with Gasteiger partial charge in [-0.05, 0) is 18.6 Å². The van der Waals surface area contributed by atoms with Crippen LogP contribution < -0.4 is 5.32 Å². The lowest BCUT2D eigenvalue weighted by molar-refractivity contribution is -0.135. The van der Waals surface area contributed by atoms with E-state index in [1.807, 2.05) is 0 Å². The highest BCUT2D eigenvalue weighted by molar-refractivity contribution is 6.00. The third-order valence-corrected chi connectivity index (χ3v) is 2.81. The number of rotatable bonds is 4. The number of carboxylic acid groups (broad SMARTS) is 1. The van der Waals surface area contributed by atoms with E-state index in [1.54, 1.807) is 13.0 Å². The molecule has 0 aromatic heterocycles. The van der Waals surface area contributed by atoms with E-state index in [-0.39, 0.29) is 11.3 Å². The van der Waals surface area contributed by atoms with Gasteiger partial charge < -0.3 is 15.3 Å². The maximum Gasteiger partial charge on any atom is 0.390 e. The summed E-state index contributed by atoms with van der Waals surface area (Å²) in [6, 6.07) is 3.62. The highest BCUT2D eigenvalue weighted by Crippen LogP contribution is 2.22. The number of urea groups is 1. The molecule has 0 fully saturated rings. The van der Waals surface area contributed by atoms with Gasteiger partial charge in [0, 0.05) is 13.6 Å². The van der Waals surface area contributed by atoms with Crippen molar-refractivity contribution in [1.82, 2.24) is 4.90 Å². The number of anilines is 1. The Hall–Kier alpha value is -2.25. The molecule has 1 aromatic carbocycles. The van der Waals surface area contributed by atoms with E-state index in [9.17, 15) is 22.8 Å². The van der Waals surface area contributed by atoms with Crippen LogP contribution in [-0.4, -0.2) is 41.8 Å². The molecule has 2 amide bonds. The number of carbonyl (C=O) groups is 2. The van der Waals surface area contributed by atoms with Gasteiger partial charge in [-0.25, -0.2) is 9.59 Å². The molecule has 1 aromatic rings. The van der Waals surface area contributed by atoms with Crippen LogP contribution in [0, 0.1) is 6.92 Å². The van der Waals surface area contributed by atoms with Crippen LogP contribution in [0.25, 0.3) is 0 Å². The zero-order chi connectivity index (χ0) is 16.2. The Morgan fingerprint density at radius 2 is 1.95 bits per heavy atom. The lowest BCUT2D eigenvalue weighted by atomic mass is 10.1. The third kappa shape index (κ3) is 4.97. The van der Waals surface area contributed by atoms with Gasteiger partial charge in [0.1, 0.15) is 0 Å². The van der Waals surface area contributed by atoms with E-state index in [4.69, 9.17) is 5.11 Å². The first-order chi connectivity index (χ1) is 9.61. The average molecular weight is 304 g/mol. The van der Waals surface area contributed by atoms with E-state index < -0.39 is 31.1 Å². The quantitative estimate of drug-likeness (QED) is 0.898. The number of hydrogen-bond acceptors (Lipinski definition) is 2. The second kappa shape index (κ2) is 6.47. The van der Waals surface area contributed by atoms with E-state index in [0.717, 1.165) is 4.90 Å². The minimum absolute atomic E-state index is 0.0776. The molecular formula is C13H15F3N2O3. The Kier molecular flexibility index (Phi) is 5.17. The Morgan fingerprint density at radius 1 is 1.33 bits per heavy atom. The molecule has 0 saturated carbocycles. The second-order valence-electron chi connectivity index (χ2n) is 4.52. The van der Waals surface area contributed by atoms with Crippen LogP contribution in [0.5, 0.6) is 0 Å². The molecule has 8 heteroatoms. The molecule has 0 saturated heterocycles. The predicted octanol–water partition coefficient (Wildman–Crippen LogP) is 3.11. The maximum absolute atomic E-state index is 12.1. The van der Waals surface area contributed by atoms with Gasteiger partial charge >= 0.3 is 18.2 Å². The maximum atomic E-state index is 12.1. The van der Waals surface area contributed by atoms with Crippen molar-refractivity contribution in [2.45, 2.75) is 19.5 Å². The fraction of sp³-hybridized carbons (Fsp3) is 0.385. The SMILES string of the molecule is Cc1cccc(C(=O)O)c1NC(=O)N(C)CCC(F)(F)F. The summed E-state index contributed by atoms with van der Waals surface area (Å²) in [4.78, 5) is 23.7. The summed E-state index contributed by atoms with van der Waals surface area (Å²) in [6.45, 7) is 1.08. The van der Waals surface area contributed by atoms with Crippen molar-refractivity contribution in [1.29, 1.82) is 0 Å².